The van der Waals surface area contributed by atoms with Crippen molar-refractivity contribution in [1.29, 1.82) is 0 Å². The van der Waals surface area contributed by atoms with Crippen LogP contribution in [0.15, 0.2) is 0 Å². The SMILES string of the molecule is C[S+](C)CCOC(=O)CCC(=O)OCC[S+](C)C. The van der Waals surface area contributed by atoms with Crippen LogP contribution in [-0.2, 0) is 40.9 Å². The molecular formula is C12H24O4S2+2. The number of rotatable bonds is 9. The summed E-state index contributed by atoms with van der Waals surface area (Å²) < 4.78 is 10.0. The van der Waals surface area contributed by atoms with Crippen LogP contribution in [0.5, 0.6) is 0 Å². The monoisotopic (exact) mass is 296 g/mol. The lowest BCUT2D eigenvalue weighted by molar-refractivity contribution is -0.149. The molecule has 0 aliphatic rings. The van der Waals surface area contributed by atoms with Gasteiger partial charge in [0.25, 0.3) is 0 Å². The molecule has 0 bridgehead atoms. The first kappa shape index (κ1) is 17.6. The molecule has 0 fully saturated rings. The lowest BCUT2D eigenvalue weighted by Gasteiger charge is -2.04. The number of carbonyl (C=O) groups excluding carboxylic acids is 2. The number of hydrogen-bond acceptors (Lipinski definition) is 4. The summed E-state index contributed by atoms with van der Waals surface area (Å²) in [6, 6.07) is 0. The van der Waals surface area contributed by atoms with Gasteiger partial charge in [-0.25, -0.2) is 0 Å². The first-order chi connectivity index (χ1) is 8.41. The Morgan fingerprint density at radius 1 is 0.778 bits per heavy atom. The highest BCUT2D eigenvalue weighted by atomic mass is 32.2. The molecule has 0 N–H and O–H groups in total. The van der Waals surface area contributed by atoms with E-state index >= 15 is 0 Å². The third-order valence-corrected chi connectivity index (χ3v) is 4.01. The van der Waals surface area contributed by atoms with E-state index in [9.17, 15) is 9.59 Å². The number of esters is 2. The van der Waals surface area contributed by atoms with E-state index in [1.54, 1.807) is 0 Å². The van der Waals surface area contributed by atoms with E-state index in [1.807, 2.05) is 0 Å². The Labute approximate surface area is 115 Å². The van der Waals surface area contributed by atoms with E-state index in [-0.39, 0.29) is 46.6 Å². The highest BCUT2D eigenvalue weighted by molar-refractivity contribution is 7.95. The zero-order valence-corrected chi connectivity index (χ0v) is 13.3. The third kappa shape index (κ3) is 12.1. The maximum atomic E-state index is 11.3. The van der Waals surface area contributed by atoms with Crippen molar-refractivity contribution in [3.63, 3.8) is 0 Å². The van der Waals surface area contributed by atoms with Gasteiger partial charge in [0.1, 0.15) is 24.7 Å². The van der Waals surface area contributed by atoms with Gasteiger partial charge in [0.2, 0.25) is 0 Å². The van der Waals surface area contributed by atoms with Crippen LogP contribution in [0, 0.1) is 0 Å². The molecule has 0 heterocycles. The molecule has 0 saturated carbocycles. The van der Waals surface area contributed by atoms with Crippen LogP contribution >= 0.6 is 0 Å². The molecule has 4 nitrogen and oxygen atoms in total. The molecule has 0 aromatic rings. The summed E-state index contributed by atoms with van der Waals surface area (Å²) >= 11 is 0. The summed E-state index contributed by atoms with van der Waals surface area (Å²) in [7, 11) is 0.557. The summed E-state index contributed by atoms with van der Waals surface area (Å²) in [5.41, 5.74) is 0. The Balaban J connectivity index is 3.50. The average Bonchev–Trinajstić information content (AvgIpc) is 2.25. The summed E-state index contributed by atoms with van der Waals surface area (Å²) in [6.07, 6.45) is 8.62. The predicted octanol–water partition coefficient (Wildman–Crippen LogP) is 0.609. The molecule has 0 aromatic heterocycles. The molecule has 0 saturated heterocycles. The third-order valence-electron chi connectivity index (χ3n) is 2.04. The maximum Gasteiger partial charge on any atom is 0.306 e. The summed E-state index contributed by atoms with van der Waals surface area (Å²) in [6.45, 7) is 0.886. The first-order valence-corrected chi connectivity index (χ1v) is 10.2. The lowest BCUT2D eigenvalue weighted by Crippen LogP contribution is -2.17. The van der Waals surface area contributed by atoms with Gasteiger partial charge >= 0.3 is 11.9 Å². The fourth-order valence-corrected chi connectivity index (χ4v) is 1.83. The minimum Gasteiger partial charge on any atom is -0.461 e. The van der Waals surface area contributed by atoms with E-state index in [0.717, 1.165) is 11.5 Å². The topological polar surface area (TPSA) is 52.6 Å². The van der Waals surface area contributed by atoms with Crippen molar-refractivity contribution in [2.75, 3.05) is 49.7 Å². The van der Waals surface area contributed by atoms with E-state index in [2.05, 4.69) is 25.0 Å². The zero-order chi connectivity index (χ0) is 14.0. The van der Waals surface area contributed by atoms with Crippen LogP contribution in [0.3, 0.4) is 0 Å². The van der Waals surface area contributed by atoms with Crippen LogP contribution in [0.2, 0.25) is 0 Å². The predicted molar refractivity (Wildman–Crippen MR) is 79.3 cm³/mol. The maximum absolute atomic E-state index is 11.3. The van der Waals surface area contributed by atoms with Gasteiger partial charge in [-0.05, 0) is 21.8 Å². The Morgan fingerprint density at radius 3 is 1.39 bits per heavy atom. The second kappa shape index (κ2) is 10.6. The molecule has 0 unspecified atom stereocenters. The van der Waals surface area contributed by atoms with Gasteiger partial charge in [0, 0.05) is 0 Å². The van der Waals surface area contributed by atoms with E-state index in [0.29, 0.717) is 13.2 Å². The molecule has 0 atom stereocenters. The minimum absolute atomic E-state index is 0.115. The van der Waals surface area contributed by atoms with Gasteiger partial charge < -0.3 is 9.47 Å². The lowest BCUT2D eigenvalue weighted by atomic mass is 10.3. The van der Waals surface area contributed by atoms with Gasteiger partial charge in [-0.2, -0.15) is 0 Å². The van der Waals surface area contributed by atoms with Crippen LogP contribution < -0.4 is 0 Å². The summed E-state index contributed by atoms with van der Waals surface area (Å²) in [4.78, 5) is 22.6. The Bertz CT molecular complexity index is 228. The largest absolute Gasteiger partial charge is 0.461 e. The van der Waals surface area contributed by atoms with Crippen LogP contribution in [0.4, 0.5) is 0 Å². The van der Waals surface area contributed by atoms with Crippen LogP contribution in [0.1, 0.15) is 12.8 Å². The van der Waals surface area contributed by atoms with Crippen molar-refractivity contribution in [2.45, 2.75) is 12.8 Å². The molecule has 0 radical (unpaired) electrons. The highest BCUT2D eigenvalue weighted by Crippen LogP contribution is 1.97. The molecule has 0 aromatic carbocycles. The molecule has 0 spiro atoms. The highest BCUT2D eigenvalue weighted by Gasteiger charge is 2.11. The fourth-order valence-electron chi connectivity index (χ4n) is 0.993. The van der Waals surface area contributed by atoms with Crippen LogP contribution in [0.25, 0.3) is 0 Å². The zero-order valence-electron chi connectivity index (χ0n) is 11.7. The van der Waals surface area contributed by atoms with E-state index in [1.165, 1.54) is 0 Å². The van der Waals surface area contributed by atoms with Crippen molar-refractivity contribution >= 4 is 33.7 Å². The molecular weight excluding hydrogens is 272 g/mol. The van der Waals surface area contributed by atoms with Gasteiger partial charge in [0.05, 0.1) is 37.9 Å². The van der Waals surface area contributed by atoms with Gasteiger partial charge in [0.15, 0.2) is 0 Å². The smallest absolute Gasteiger partial charge is 0.306 e. The molecule has 0 amide bonds. The molecule has 0 aliphatic carbocycles. The van der Waals surface area contributed by atoms with Gasteiger partial charge in [-0.1, -0.05) is 0 Å². The second-order valence-corrected chi connectivity index (χ2v) is 9.08. The molecule has 18 heavy (non-hydrogen) atoms. The molecule has 6 heteroatoms. The minimum atomic E-state index is -0.317. The van der Waals surface area contributed by atoms with Gasteiger partial charge in [-0.3, -0.25) is 9.59 Å². The molecule has 0 rings (SSSR count). The fraction of sp³-hybridized carbons (Fsp3) is 0.833. The van der Waals surface area contributed by atoms with Crippen molar-refractivity contribution in [3.8, 4) is 0 Å². The van der Waals surface area contributed by atoms with Crippen LogP contribution in [-0.4, -0.2) is 61.7 Å². The molecule has 106 valence electrons. The summed E-state index contributed by atoms with van der Waals surface area (Å²) in [5, 5.41) is 0. The Kier molecular flexibility index (Phi) is 10.3. The number of ether oxygens (including phenoxy) is 2. The summed E-state index contributed by atoms with van der Waals surface area (Å²) in [5.74, 6) is 1.13. The van der Waals surface area contributed by atoms with Crippen molar-refractivity contribution < 1.29 is 19.1 Å². The number of hydrogen-bond donors (Lipinski definition) is 0. The quantitative estimate of drug-likeness (QED) is 0.462. The van der Waals surface area contributed by atoms with Crippen molar-refractivity contribution in [2.24, 2.45) is 0 Å². The van der Waals surface area contributed by atoms with E-state index in [4.69, 9.17) is 9.47 Å². The van der Waals surface area contributed by atoms with E-state index < -0.39 is 0 Å². The first-order valence-electron chi connectivity index (χ1n) is 5.81. The Hall–Kier alpha value is -0.360. The van der Waals surface area contributed by atoms with Crippen molar-refractivity contribution in [1.82, 2.24) is 0 Å². The van der Waals surface area contributed by atoms with Crippen molar-refractivity contribution in [3.05, 3.63) is 0 Å². The molecule has 0 aliphatic heterocycles. The van der Waals surface area contributed by atoms with Gasteiger partial charge in [-0.15, -0.1) is 0 Å². The number of carbonyl (C=O) groups is 2. The average molecular weight is 296 g/mol. The normalized spacial score (nSPS) is 10.8. The Morgan fingerprint density at radius 2 is 1.11 bits per heavy atom. The standard InChI is InChI=1S/C12H24O4S2/c1-17(2)9-7-15-11(13)5-6-12(14)16-8-10-18(3)4/h5-10H2,1-4H3/q+2. The second-order valence-electron chi connectivity index (χ2n) is 4.32.